The maximum absolute atomic E-state index is 10.1. The van der Waals surface area contributed by atoms with Gasteiger partial charge in [-0.25, -0.2) is 4.98 Å². The van der Waals surface area contributed by atoms with Gasteiger partial charge in [0.15, 0.2) is 5.16 Å². The van der Waals surface area contributed by atoms with E-state index in [0.717, 1.165) is 16.6 Å². The van der Waals surface area contributed by atoms with Crippen molar-refractivity contribution in [3.05, 3.63) is 66.4 Å². The first kappa shape index (κ1) is 16.8. The SMILES string of the molecule is Cc1ccccc1-n1ccnc1SCC(O)COCc1ccco1. The van der Waals surface area contributed by atoms with E-state index in [1.165, 1.54) is 17.3 Å². The number of benzene rings is 1. The highest BCUT2D eigenvalue weighted by Crippen LogP contribution is 2.23. The number of aliphatic hydroxyl groups excluding tert-OH is 1. The van der Waals surface area contributed by atoms with Crippen molar-refractivity contribution in [3.63, 3.8) is 0 Å². The minimum absolute atomic E-state index is 0.263. The average molecular weight is 344 g/mol. The zero-order valence-corrected chi connectivity index (χ0v) is 14.3. The number of nitrogens with zero attached hydrogens (tertiary/aromatic N) is 2. The largest absolute Gasteiger partial charge is 0.467 e. The number of aromatic nitrogens is 2. The lowest BCUT2D eigenvalue weighted by Gasteiger charge is -2.12. The number of furan rings is 1. The second-order valence-corrected chi connectivity index (χ2v) is 6.41. The van der Waals surface area contributed by atoms with Crippen LogP contribution >= 0.6 is 11.8 Å². The standard InChI is InChI=1S/C18H20N2O3S/c1-14-5-2-3-7-17(14)20-9-8-19-18(20)24-13-15(21)11-22-12-16-6-4-10-23-16/h2-10,15,21H,11-13H2,1H3. The molecule has 0 aliphatic heterocycles. The summed E-state index contributed by atoms with van der Waals surface area (Å²) in [5.74, 6) is 1.27. The summed E-state index contributed by atoms with van der Waals surface area (Å²) in [6.07, 6.45) is 4.75. The summed E-state index contributed by atoms with van der Waals surface area (Å²) in [6.45, 7) is 2.70. The Morgan fingerprint density at radius 3 is 2.96 bits per heavy atom. The van der Waals surface area contributed by atoms with Gasteiger partial charge < -0.3 is 14.3 Å². The van der Waals surface area contributed by atoms with Gasteiger partial charge in [0, 0.05) is 18.1 Å². The molecule has 0 saturated carbocycles. The number of para-hydroxylation sites is 1. The minimum Gasteiger partial charge on any atom is -0.467 e. The van der Waals surface area contributed by atoms with Gasteiger partial charge in [-0.3, -0.25) is 4.57 Å². The number of imidazole rings is 1. The number of hydrogen-bond acceptors (Lipinski definition) is 5. The van der Waals surface area contributed by atoms with Crippen molar-refractivity contribution in [1.29, 1.82) is 0 Å². The molecule has 0 radical (unpaired) electrons. The maximum atomic E-state index is 10.1. The first-order valence-corrected chi connectivity index (χ1v) is 8.73. The molecule has 6 heteroatoms. The first-order valence-electron chi connectivity index (χ1n) is 7.74. The number of rotatable bonds is 8. The number of hydrogen-bond donors (Lipinski definition) is 1. The lowest BCUT2D eigenvalue weighted by Crippen LogP contribution is -2.18. The molecular formula is C18H20N2O3S. The molecule has 1 atom stereocenters. The van der Waals surface area contributed by atoms with E-state index in [0.29, 0.717) is 12.4 Å². The molecule has 2 heterocycles. The molecule has 2 aromatic heterocycles. The third-order valence-corrected chi connectivity index (χ3v) is 4.63. The van der Waals surface area contributed by atoms with Crippen LogP contribution in [0.25, 0.3) is 5.69 Å². The molecule has 0 aliphatic rings. The molecule has 3 rings (SSSR count). The molecule has 24 heavy (non-hydrogen) atoms. The van der Waals surface area contributed by atoms with Crippen LogP contribution < -0.4 is 0 Å². The van der Waals surface area contributed by atoms with Crippen molar-refractivity contribution in [2.24, 2.45) is 0 Å². The van der Waals surface area contributed by atoms with Crippen LogP contribution in [-0.4, -0.2) is 33.1 Å². The fourth-order valence-corrected chi connectivity index (χ4v) is 3.19. The highest BCUT2D eigenvalue weighted by molar-refractivity contribution is 7.99. The molecular weight excluding hydrogens is 324 g/mol. The minimum atomic E-state index is -0.563. The summed E-state index contributed by atoms with van der Waals surface area (Å²) in [5.41, 5.74) is 2.28. The molecule has 5 nitrogen and oxygen atoms in total. The van der Waals surface area contributed by atoms with Gasteiger partial charge in [-0.05, 0) is 30.7 Å². The molecule has 0 aliphatic carbocycles. The van der Waals surface area contributed by atoms with Crippen molar-refractivity contribution in [3.8, 4) is 5.69 Å². The number of thioether (sulfide) groups is 1. The highest BCUT2D eigenvalue weighted by atomic mass is 32.2. The fourth-order valence-electron chi connectivity index (χ4n) is 2.32. The Bertz CT molecular complexity index is 755. The quantitative estimate of drug-likeness (QED) is 0.634. The molecule has 126 valence electrons. The molecule has 0 amide bonds. The van der Waals surface area contributed by atoms with Crippen molar-refractivity contribution in [1.82, 2.24) is 9.55 Å². The molecule has 1 N–H and O–H groups in total. The van der Waals surface area contributed by atoms with Gasteiger partial charge in [-0.1, -0.05) is 30.0 Å². The van der Waals surface area contributed by atoms with E-state index in [2.05, 4.69) is 24.0 Å². The van der Waals surface area contributed by atoms with Gasteiger partial charge >= 0.3 is 0 Å². The summed E-state index contributed by atoms with van der Waals surface area (Å²) in [6, 6.07) is 11.8. The van der Waals surface area contributed by atoms with Gasteiger partial charge in [0.2, 0.25) is 0 Å². The zero-order valence-electron chi connectivity index (χ0n) is 13.5. The molecule has 1 aromatic carbocycles. The van der Waals surface area contributed by atoms with Crippen LogP contribution in [0.2, 0.25) is 0 Å². The normalized spacial score (nSPS) is 12.4. The Morgan fingerprint density at radius 2 is 2.17 bits per heavy atom. The molecule has 0 bridgehead atoms. The number of aryl methyl sites for hydroxylation is 1. The second-order valence-electron chi connectivity index (χ2n) is 5.43. The monoisotopic (exact) mass is 344 g/mol. The topological polar surface area (TPSA) is 60.4 Å². The lowest BCUT2D eigenvalue weighted by atomic mass is 10.2. The third-order valence-electron chi connectivity index (χ3n) is 3.52. The smallest absolute Gasteiger partial charge is 0.172 e. The fraction of sp³-hybridized carbons (Fsp3) is 0.278. The molecule has 0 spiro atoms. The predicted octanol–water partition coefficient (Wildman–Crippen LogP) is 3.44. The van der Waals surface area contributed by atoms with Crippen LogP contribution in [0.1, 0.15) is 11.3 Å². The highest BCUT2D eigenvalue weighted by Gasteiger charge is 2.11. The van der Waals surface area contributed by atoms with Crippen LogP contribution in [-0.2, 0) is 11.3 Å². The summed E-state index contributed by atoms with van der Waals surface area (Å²) < 4.78 is 12.7. The second kappa shape index (κ2) is 8.19. The van der Waals surface area contributed by atoms with Gasteiger partial charge in [-0.2, -0.15) is 0 Å². The van der Waals surface area contributed by atoms with Crippen LogP contribution in [0.4, 0.5) is 0 Å². The van der Waals surface area contributed by atoms with E-state index in [9.17, 15) is 5.11 Å². The van der Waals surface area contributed by atoms with Crippen LogP contribution in [0.3, 0.4) is 0 Å². The Morgan fingerprint density at radius 1 is 1.29 bits per heavy atom. The third kappa shape index (κ3) is 4.29. The Labute approximate surface area is 145 Å². The maximum Gasteiger partial charge on any atom is 0.172 e. The predicted molar refractivity (Wildman–Crippen MR) is 93.4 cm³/mol. The Balaban J connectivity index is 1.52. The van der Waals surface area contributed by atoms with E-state index in [1.54, 1.807) is 12.5 Å². The van der Waals surface area contributed by atoms with Gasteiger partial charge in [0.05, 0.1) is 24.7 Å². The number of aliphatic hydroxyl groups is 1. The Kier molecular flexibility index (Phi) is 5.74. The van der Waals surface area contributed by atoms with Crippen molar-refractivity contribution >= 4 is 11.8 Å². The van der Waals surface area contributed by atoms with E-state index in [4.69, 9.17) is 9.15 Å². The summed E-state index contributed by atoms with van der Waals surface area (Å²) in [7, 11) is 0. The van der Waals surface area contributed by atoms with Crippen molar-refractivity contribution in [2.45, 2.75) is 24.8 Å². The number of ether oxygens (including phenoxy) is 1. The van der Waals surface area contributed by atoms with E-state index < -0.39 is 6.10 Å². The zero-order chi connectivity index (χ0) is 16.8. The molecule has 1 unspecified atom stereocenters. The van der Waals surface area contributed by atoms with E-state index >= 15 is 0 Å². The first-order chi connectivity index (χ1) is 11.7. The van der Waals surface area contributed by atoms with Crippen LogP contribution in [0.5, 0.6) is 0 Å². The summed E-state index contributed by atoms with van der Waals surface area (Å²) in [4.78, 5) is 4.39. The van der Waals surface area contributed by atoms with Crippen molar-refractivity contribution < 1.29 is 14.3 Å². The summed E-state index contributed by atoms with van der Waals surface area (Å²) in [5, 5.41) is 10.9. The lowest BCUT2D eigenvalue weighted by molar-refractivity contribution is 0.0328. The molecule has 3 aromatic rings. The van der Waals surface area contributed by atoms with Gasteiger partial charge in [0.1, 0.15) is 12.4 Å². The van der Waals surface area contributed by atoms with Crippen LogP contribution in [0, 0.1) is 6.92 Å². The van der Waals surface area contributed by atoms with Crippen molar-refractivity contribution in [2.75, 3.05) is 12.4 Å². The van der Waals surface area contributed by atoms with Crippen LogP contribution in [0.15, 0.2) is 64.6 Å². The Hall–Kier alpha value is -2.02. The summed E-state index contributed by atoms with van der Waals surface area (Å²) >= 11 is 1.51. The molecule has 0 saturated heterocycles. The molecule has 0 fully saturated rings. The van der Waals surface area contributed by atoms with E-state index in [1.807, 2.05) is 35.0 Å². The van der Waals surface area contributed by atoms with Gasteiger partial charge in [0.25, 0.3) is 0 Å². The average Bonchev–Trinajstić information content (AvgIpc) is 3.25. The van der Waals surface area contributed by atoms with E-state index in [-0.39, 0.29) is 6.61 Å². The van der Waals surface area contributed by atoms with Gasteiger partial charge in [-0.15, -0.1) is 0 Å².